The van der Waals surface area contributed by atoms with Crippen molar-refractivity contribution in [3.8, 4) is 0 Å². The van der Waals surface area contributed by atoms with E-state index < -0.39 is 9.84 Å². The third kappa shape index (κ3) is 6.61. The van der Waals surface area contributed by atoms with Crippen LogP contribution in [-0.4, -0.2) is 43.7 Å². The molecular weight excluding hydrogens is 468 g/mol. The zero-order chi connectivity index (χ0) is 24.7. The minimum absolute atomic E-state index is 0.0686. The molecule has 0 unspecified atom stereocenters. The number of H-pyrrole nitrogens is 1. The van der Waals surface area contributed by atoms with Crippen molar-refractivity contribution in [2.45, 2.75) is 64.2 Å². The van der Waals surface area contributed by atoms with Crippen molar-refractivity contribution in [3.05, 3.63) is 68.6 Å². The molecule has 0 saturated heterocycles. The van der Waals surface area contributed by atoms with Crippen molar-refractivity contribution in [1.82, 2.24) is 9.88 Å². The molecule has 1 heterocycles. The Kier molecular flexibility index (Phi) is 9.57. The number of nitrogens with zero attached hydrogens (tertiary/aromatic N) is 1. The van der Waals surface area contributed by atoms with Gasteiger partial charge >= 0.3 is 0 Å². The molecule has 1 aliphatic carbocycles. The summed E-state index contributed by atoms with van der Waals surface area (Å²) in [7, 11) is -3.48. The van der Waals surface area contributed by atoms with Crippen LogP contribution in [0, 0.1) is 5.92 Å². The zero-order valence-corrected chi connectivity index (χ0v) is 22.1. The predicted molar refractivity (Wildman–Crippen MR) is 141 cm³/mol. The molecule has 1 N–H and O–H groups in total. The number of halogens is 1. The van der Waals surface area contributed by atoms with Crippen molar-refractivity contribution in [2.24, 2.45) is 5.92 Å². The van der Waals surface area contributed by atoms with Gasteiger partial charge in [-0.15, -0.1) is 0 Å². The highest BCUT2D eigenvalue weighted by atomic mass is 35.5. The highest BCUT2D eigenvalue weighted by Crippen LogP contribution is 2.34. The monoisotopic (exact) mass is 504 g/mol. The Balaban J connectivity index is 1.92. The van der Waals surface area contributed by atoms with Crippen LogP contribution in [0.2, 0.25) is 5.02 Å². The molecule has 0 bridgehead atoms. The third-order valence-corrected chi connectivity index (χ3v) is 9.10. The number of aromatic nitrogens is 1. The minimum atomic E-state index is -3.48. The lowest BCUT2D eigenvalue weighted by molar-refractivity contribution is 0.305. The normalized spacial score (nSPS) is 15.4. The average molecular weight is 505 g/mol. The summed E-state index contributed by atoms with van der Waals surface area (Å²) in [5.41, 5.74) is 3.11. The van der Waals surface area contributed by atoms with E-state index in [1.807, 2.05) is 25.1 Å². The first-order chi connectivity index (χ1) is 16.3. The van der Waals surface area contributed by atoms with Gasteiger partial charge < -0.3 is 9.88 Å². The van der Waals surface area contributed by atoms with Gasteiger partial charge in [-0.2, -0.15) is 0 Å². The molecule has 1 aromatic carbocycles. The number of rotatable bonds is 11. The molecule has 1 fully saturated rings. The third-order valence-electron chi connectivity index (χ3n) is 6.82. The van der Waals surface area contributed by atoms with Gasteiger partial charge in [-0.1, -0.05) is 63.4 Å². The summed E-state index contributed by atoms with van der Waals surface area (Å²) in [6.07, 6.45) is 8.09. The fraction of sp³-hybridized carbons (Fsp3) is 0.519. The lowest BCUT2D eigenvalue weighted by Gasteiger charge is -2.18. The van der Waals surface area contributed by atoms with Gasteiger partial charge in [0.05, 0.1) is 15.7 Å². The number of aryl methyl sites for hydroxylation is 1. The van der Waals surface area contributed by atoms with Gasteiger partial charge in [0.15, 0.2) is 9.84 Å². The van der Waals surface area contributed by atoms with Crippen molar-refractivity contribution in [3.63, 3.8) is 0 Å². The van der Waals surface area contributed by atoms with Gasteiger partial charge in [0, 0.05) is 16.8 Å². The van der Waals surface area contributed by atoms with Crippen molar-refractivity contribution in [2.75, 3.05) is 25.4 Å². The first-order valence-corrected chi connectivity index (χ1v) is 14.5. The van der Waals surface area contributed by atoms with Gasteiger partial charge in [0.1, 0.15) is 0 Å². The second-order valence-corrected chi connectivity index (χ2v) is 11.5. The van der Waals surface area contributed by atoms with E-state index in [9.17, 15) is 13.2 Å². The van der Waals surface area contributed by atoms with Crippen molar-refractivity contribution < 1.29 is 8.42 Å². The fourth-order valence-corrected chi connectivity index (χ4v) is 6.58. The van der Waals surface area contributed by atoms with E-state index in [2.05, 4.69) is 29.8 Å². The van der Waals surface area contributed by atoms with E-state index in [0.29, 0.717) is 18.8 Å². The molecule has 5 nitrogen and oxygen atoms in total. The highest BCUT2D eigenvalue weighted by Gasteiger charge is 2.21. The number of allylic oxidation sites excluding steroid dienone is 1. The molecule has 0 aliphatic heterocycles. The van der Waals surface area contributed by atoms with E-state index >= 15 is 0 Å². The number of benzene rings is 1. The fourth-order valence-electron chi connectivity index (χ4n) is 4.69. The molecule has 1 saturated carbocycles. The maximum Gasteiger partial charge on any atom is 0.251 e. The number of pyridine rings is 1. The van der Waals surface area contributed by atoms with Crippen molar-refractivity contribution in [1.29, 1.82) is 0 Å². The Morgan fingerprint density at radius 3 is 2.41 bits per heavy atom. The maximum absolute atomic E-state index is 13.0. The standard InChI is InChI=1S/C27H37ClN2O3S/c1-4-21-12-14-25(29-27(21)31)23(18-20-10-7-8-11-20)22-13-15-26(24(28)19-22)34(32,33)17-9-16-30(5-2)6-3/h12-15,18-20H,4-11,16-17H2,1-3H3,(H,29,31). The molecule has 0 amide bonds. The SMILES string of the molecule is CCc1ccc(C(=CC2CCCC2)c2ccc(S(=O)(=O)CCCN(CC)CC)c(Cl)c2)[nH]c1=O. The summed E-state index contributed by atoms with van der Waals surface area (Å²) < 4.78 is 26.0. The first-order valence-electron chi connectivity index (χ1n) is 12.5. The summed E-state index contributed by atoms with van der Waals surface area (Å²) in [5.74, 6) is 0.505. The average Bonchev–Trinajstić information content (AvgIpc) is 3.33. The van der Waals surface area contributed by atoms with E-state index in [4.69, 9.17) is 11.6 Å². The van der Waals surface area contributed by atoms with Crippen LogP contribution in [0.15, 0.2) is 46.1 Å². The van der Waals surface area contributed by atoms with Crippen LogP contribution in [0.3, 0.4) is 0 Å². The molecule has 1 aromatic heterocycles. The van der Waals surface area contributed by atoms with Gasteiger partial charge in [0.25, 0.3) is 5.56 Å². The summed E-state index contributed by atoms with van der Waals surface area (Å²) in [4.78, 5) is 17.9. The zero-order valence-electron chi connectivity index (χ0n) is 20.6. The quantitative estimate of drug-likeness (QED) is 0.425. The van der Waals surface area contributed by atoms with E-state index in [1.54, 1.807) is 12.1 Å². The molecule has 0 spiro atoms. The molecule has 186 valence electrons. The Hall–Kier alpha value is -1.89. The minimum Gasteiger partial charge on any atom is -0.322 e. The van der Waals surface area contributed by atoms with Gasteiger partial charge in [-0.25, -0.2) is 8.42 Å². The van der Waals surface area contributed by atoms with Crippen LogP contribution in [-0.2, 0) is 16.3 Å². The second kappa shape index (κ2) is 12.2. The van der Waals surface area contributed by atoms with Gasteiger partial charge in [-0.05, 0) is 75.0 Å². The lowest BCUT2D eigenvalue weighted by Crippen LogP contribution is -2.25. The Bertz CT molecular complexity index is 1160. The summed E-state index contributed by atoms with van der Waals surface area (Å²) in [6.45, 7) is 8.67. The van der Waals surface area contributed by atoms with Crippen LogP contribution in [0.1, 0.15) is 69.7 Å². The predicted octanol–water partition coefficient (Wildman–Crippen LogP) is 5.72. The molecule has 0 radical (unpaired) electrons. The van der Waals surface area contributed by atoms with Crippen LogP contribution < -0.4 is 5.56 Å². The number of nitrogens with one attached hydrogen (secondary N) is 1. The lowest BCUT2D eigenvalue weighted by atomic mass is 9.95. The summed E-state index contributed by atoms with van der Waals surface area (Å²) in [5, 5.41) is 0.227. The van der Waals surface area contributed by atoms with Crippen LogP contribution in [0.5, 0.6) is 0 Å². The van der Waals surface area contributed by atoms with E-state index in [0.717, 1.165) is 54.9 Å². The Morgan fingerprint density at radius 2 is 1.82 bits per heavy atom. The van der Waals surface area contributed by atoms with Crippen LogP contribution >= 0.6 is 11.6 Å². The first kappa shape index (κ1) is 26.7. The number of hydrogen-bond acceptors (Lipinski definition) is 4. The summed E-state index contributed by atoms with van der Waals surface area (Å²) >= 11 is 6.55. The number of aromatic amines is 1. The smallest absolute Gasteiger partial charge is 0.251 e. The van der Waals surface area contributed by atoms with Gasteiger partial charge in [-0.3, -0.25) is 4.79 Å². The molecular formula is C27H37ClN2O3S. The van der Waals surface area contributed by atoms with E-state index in [1.165, 1.54) is 12.8 Å². The van der Waals surface area contributed by atoms with Crippen molar-refractivity contribution >= 4 is 27.0 Å². The largest absolute Gasteiger partial charge is 0.322 e. The summed E-state index contributed by atoms with van der Waals surface area (Å²) in [6, 6.07) is 8.97. The molecule has 0 atom stereocenters. The highest BCUT2D eigenvalue weighted by molar-refractivity contribution is 7.91. The Morgan fingerprint density at radius 1 is 1.12 bits per heavy atom. The molecule has 34 heavy (non-hydrogen) atoms. The van der Waals surface area contributed by atoms with Crippen LogP contribution in [0.4, 0.5) is 0 Å². The molecule has 7 heteroatoms. The molecule has 1 aliphatic rings. The topological polar surface area (TPSA) is 70.2 Å². The molecule has 3 rings (SSSR count). The number of sulfone groups is 1. The Labute approximate surface area is 209 Å². The van der Waals surface area contributed by atoms with Crippen LogP contribution in [0.25, 0.3) is 5.57 Å². The van der Waals surface area contributed by atoms with Gasteiger partial charge in [0.2, 0.25) is 0 Å². The number of hydrogen-bond donors (Lipinski definition) is 1. The van der Waals surface area contributed by atoms with E-state index in [-0.39, 0.29) is 21.2 Å². The maximum atomic E-state index is 13.0. The second-order valence-electron chi connectivity index (χ2n) is 9.05. The molecule has 2 aromatic rings.